The zero-order valence-electron chi connectivity index (χ0n) is 18.4. The van der Waals surface area contributed by atoms with Gasteiger partial charge >= 0.3 is 0 Å². The van der Waals surface area contributed by atoms with Crippen LogP contribution in [0.5, 0.6) is 5.75 Å². The van der Waals surface area contributed by atoms with Crippen LogP contribution in [0.1, 0.15) is 33.1 Å². The monoisotopic (exact) mass is 462 g/mol. The number of nitrogens with zero attached hydrogens (tertiary/aromatic N) is 5. The van der Waals surface area contributed by atoms with E-state index < -0.39 is 5.82 Å². The fourth-order valence-electron chi connectivity index (χ4n) is 4.61. The molecule has 3 heterocycles. The van der Waals surface area contributed by atoms with E-state index in [1.165, 1.54) is 12.1 Å². The number of carbonyl (C=O) groups is 1. The number of guanidine groups is 1. The first-order valence-corrected chi connectivity index (χ1v) is 11.2. The molecule has 2 bridgehead atoms. The SMILES string of the molecule is CCN1\N=C/C(C)=C(Cl)/N=C(\N)N2CCCC23CCN(C3)C(=O)COc2cc(F)ccc21. The fourth-order valence-corrected chi connectivity index (χ4v) is 4.75. The summed E-state index contributed by atoms with van der Waals surface area (Å²) in [7, 11) is 0. The number of hydrogen-bond donors (Lipinski definition) is 1. The van der Waals surface area contributed by atoms with Crippen LogP contribution in [0.2, 0.25) is 0 Å². The van der Waals surface area contributed by atoms with Crippen LogP contribution in [-0.4, -0.2) is 66.2 Å². The number of halogens is 2. The van der Waals surface area contributed by atoms with Crippen molar-refractivity contribution in [1.29, 1.82) is 0 Å². The average Bonchev–Trinajstić information content (AvgIpc) is 3.39. The van der Waals surface area contributed by atoms with Gasteiger partial charge in [0.2, 0.25) is 0 Å². The predicted octanol–water partition coefficient (Wildman–Crippen LogP) is 2.88. The number of fused-ring (bicyclic) bond motifs is 2. The summed E-state index contributed by atoms with van der Waals surface area (Å²) < 4.78 is 19.8. The Morgan fingerprint density at radius 3 is 2.91 bits per heavy atom. The van der Waals surface area contributed by atoms with Gasteiger partial charge in [0.25, 0.3) is 5.91 Å². The summed E-state index contributed by atoms with van der Waals surface area (Å²) in [6, 6.07) is 4.19. The highest BCUT2D eigenvalue weighted by Gasteiger charge is 2.48. The van der Waals surface area contributed by atoms with Crippen molar-refractivity contribution in [2.75, 3.05) is 37.8 Å². The number of ether oxygens (including phenoxy) is 1. The van der Waals surface area contributed by atoms with Crippen molar-refractivity contribution in [2.24, 2.45) is 15.8 Å². The molecule has 1 aromatic carbocycles. The highest BCUT2D eigenvalue weighted by Crippen LogP contribution is 2.38. The van der Waals surface area contributed by atoms with Crippen LogP contribution in [-0.2, 0) is 4.79 Å². The molecular formula is C22H28ClFN6O2. The summed E-state index contributed by atoms with van der Waals surface area (Å²) in [5.74, 6) is 0.0186. The Balaban J connectivity index is 1.76. The van der Waals surface area contributed by atoms with Gasteiger partial charge in [-0.2, -0.15) is 5.10 Å². The molecule has 1 aromatic rings. The van der Waals surface area contributed by atoms with Gasteiger partial charge in [-0.05, 0) is 45.2 Å². The van der Waals surface area contributed by atoms with Crippen molar-refractivity contribution in [2.45, 2.75) is 38.6 Å². The molecule has 1 amide bonds. The Hall–Kier alpha value is -2.81. The van der Waals surface area contributed by atoms with Gasteiger partial charge in [-0.1, -0.05) is 11.6 Å². The van der Waals surface area contributed by atoms with Crippen molar-refractivity contribution in [3.8, 4) is 5.75 Å². The van der Waals surface area contributed by atoms with E-state index in [-0.39, 0.29) is 29.0 Å². The smallest absolute Gasteiger partial charge is 0.260 e. The van der Waals surface area contributed by atoms with Crippen molar-refractivity contribution in [3.05, 3.63) is 34.7 Å². The van der Waals surface area contributed by atoms with Gasteiger partial charge in [-0.15, -0.1) is 0 Å². The van der Waals surface area contributed by atoms with Crippen LogP contribution in [0.15, 0.2) is 39.0 Å². The van der Waals surface area contributed by atoms with Crippen LogP contribution < -0.4 is 15.5 Å². The van der Waals surface area contributed by atoms with Crippen molar-refractivity contribution >= 4 is 35.4 Å². The quantitative estimate of drug-likeness (QED) is 0.648. The van der Waals surface area contributed by atoms with Gasteiger partial charge in [0.05, 0.1) is 11.8 Å². The van der Waals surface area contributed by atoms with Gasteiger partial charge < -0.3 is 20.3 Å². The summed E-state index contributed by atoms with van der Waals surface area (Å²) >= 11 is 6.45. The minimum Gasteiger partial charge on any atom is -0.481 e. The van der Waals surface area contributed by atoms with Crippen LogP contribution >= 0.6 is 11.6 Å². The first-order chi connectivity index (χ1) is 15.3. The van der Waals surface area contributed by atoms with Gasteiger partial charge in [0.1, 0.15) is 22.4 Å². The van der Waals surface area contributed by atoms with Gasteiger partial charge in [-0.3, -0.25) is 9.80 Å². The summed E-state index contributed by atoms with van der Waals surface area (Å²) in [5, 5.41) is 6.36. The number of benzene rings is 1. The molecule has 2 N–H and O–H groups in total. The van der Waals surface area contributed by atoms with Crippen molar-refractivity contribution < 1.29 is 13.9 Å². The fraction of sp³-hybridized carbons (Fsp3) is 0.500. The molecule has 8 nitrogen and oxygen atoms in total. The Bertz CT molecular complexity index is 997. The molecule has 1 unspecified atom stereocenters. The molecule has 32 heavy (non-hydrogen) atoms. The lowest BCUT2D eigenvalue weighted by molar-refractivity contribution is -0.132. The second-order valence-corrected chi connectivity index (χ2v) is 8.71. The third-order valence-corrected chi connectivity index (χ3v) is 6.72. The number of aliphatic imine (C=N–C) groups is 1. The highest BCUT2D eigenvalue weighted by atomic mass is 35.5. The Kier molecular flexibility index (Phi) is 6.28. The molecule has 0 aromatic heterocycles. The molecule has 172 valence electrons. The minimum atomic E-state index is -0.448. The maximum Gasteiger partial charge on any atom is 0.260 e. The van der Waals surface area contributed by atoms with E-state index in [0.717, 1.165) is 25.8 Å². The molecule has 0 aliphatic carbocycles. The third-order valence-electron chi connectivity index (χ3n) is 6.34. The predicted molar refractivity (Wildman–Crippen MR) is 123 cm³/mol. The van der Waals surface area contributed by atoms with Gasteiger partial charge in [0, 0.05) is 37.8 Å². The summed E-state index contributed by atoms with van der Waals surface area (Å²) in [5.41, 5.74) is 7.31. The Labute approximate surface area is 192 Å². The molecule has 1 spiro atoms. The largest absolute Gasteiger partial charge is 0.481 e. The second-order valence-electron chi connectivity index (χ2n) is 8.35. The lowest BCUT2D eigenvalue weighted by atomic mass is 9.95. The van der Waals surface area contributed by atoms with E-state index in [1.807, 2.05) is 6.92 Å². The number of rotatable bonds is 1. The Morgan fingerprint density at radius 1 is 1.31 bits per heavy atom. The Morgan fingerprint density at radius 2 is 2.12 bits per heavy atom. The van der Waals surface area contributed by atoms with Crippen LogP contribution in [0.25, 0.3) is 0 Å². The molecule has 3 aliphatic heterocycles. The summed E-state index contributed by atoms with van der Waals surface area (Å²) in [6.07, 6.45) is 4.28. The number of amides is 1. The lowest BCUT2D eigenvalue weighted by Crippen LogP contribution is -2.52. The van der Waals surface area contributed by atoms with E-state index in [9.17, 15) is 9.18 Å². The summed E-state index contributed by atoms with van der Waals surface area (Å²) in [4.78, 5) is 21.2. The number of carbonyl (C=O) groups excluding carboxylic acids is 1. The molecular weight excluding hydrogens is 435 g/mol. The normalized spacial score (nSPS) is 29.3. The molecule has 10 heteroatoms. The van der Waals surface area contributed by atoms with E-state index in [4.69, 9.17) is 22.1 Å². The zero-order chi connectivity index (χ0) is 22.9. The van der Waals surface area contributed by atoms with Crippen molar-refractivity contribution in [1.82, 2.24) is 9.80 Å². The number of hydrazone groups is 1. The third kappa shape index (κ3) is 4.26. The van der Waals surface area contributed by atoms with Gasteiger partial charge in [0.15, 0.2) is 12.6 Å². The standard InChI is InChI=1S/C22H28ClFN6O2/c1-3-30-17-6-5-16(24)11-18(17)32-13-19(31)28-10-8-22(14-28)7-4-9-29(22)21(25)27-20(23)15(2)12-26-30/h5-6,11-12H,3-4,7-10,13-14H2,1-2H3,(H2,25,27)/b20-15+,26-12-. The second kappa shape index (κ2) is 8.97. The maximum atomic E-state index is 14.0. The van der Waals surface area contributed by atoms with E-state index in [2.05, 4.69) is 15.0 Å². The lowest BCUT2D eigenvalue weighted by Gasteiger charge is -2.35. The maximum absolute atomic E-state index is 14.0. The first kappa shape index (κ1) is 22.4. The summed E-state index contributed by atoms with van der Waals surface area (Å²) in [6.45, 7) is 5.94. The first-order valence-electron chi connectivity index (χ1n) is 10.8. The molecule has 1 atom stereocenters. The van der Waals surface area contributed by atoms with Gasteiger partial charge in [-0.25, -0.2) is 9.38 Å². The van der Waals surface area contributed by atoms with Crippen molar-refractivity contribution in [3.63, 3.8) is 0 Å². The zero-order valence-corrected chi connectivity index (χ0v) is 19.1. The molecule has 0 saturated carbocycles. The van der Waals surface area contributed by atoms with E-state index in [1.54, 1.807) is 29.1 Å². The van der Waals surface area contributed by atoms with Crippen LogP contribution in [0.4, 0.5) is 10.1 Å². The molecule has 2 fully saturated rings. The van der Waals surface area contributed by atoms with E-state index in [0.29, 0.717) is 36.9 Å². The average molecular weight is 463 g/mol. The number of anilines is 1. The van der Waals surface area contributed by atoms with Crippen LogP contribution in [0, 0.1) is 5.82 Å². The molecule has 4 rings (SSSR count). The molecule has 0 radical (unpaired) electrons. The highest BCUT2D eigenvalue weighted by molar-refractivity contribution is 6.31. The van der Waals surface area contributed by atoms with Crippen LogP contribution in [0.3, 0.4) is 0 Å². The van der Waals surface area contributed by atoms with E-state index >= 15 is 0 Å². The molecule has 2 saturated heterocycles. The number of allylic oxidation sites excluding steroid dienone is 1. The number of nitrogens with two attached hydrogens (primary N) is 1. The topological polar surface area (TPSA) is 86.8 Å². The minimum absolute atomic E-state index is 0.146. The number of hydrogen-bond acceptors (Lipinski definition) is 7. The molecule has 3 aliphatic rings.